The van der Waals surface area contributed by atoms with Gasteiger partial charge in [0.05, 0.1) is 18.2 Å². The molecule has 3 N–H and O–H groups in total. The Balaban J connectivity index is 0. The number of carbonyl (C=O) groups is 4. The molecule has 0 aliphatic rings. The number of hydrogen-bond donors (Lipinski definition) is 3. The van der Waals surface area contributed by atoms with E-state index in [1.165, 1.54) is 7.11 Å². The molecule has 170 valence electrons. The maximum Gasteiger partial charge on any atom is 0.337 e. The maximum absolute atomic E-state index is 10.8. The van der Waals surface area contributed by atoms with Gasteiger partial charge in [0, 0.05) is 26.9 Å². The Kier molecular flexibility index (Phi) is 18.7. The molecule has 0 aliphatic carbocycles. The zero-order valence-electron chi connectivity index (χ0n) is 18.7. The summed E-state index contributed by atoms with van der Waals surface area (Å²) >= 11 is 0. The molecule has 0 radical (unpaired) electrons. The Morgan fingerprint density at radius 3 is 1.29 bits per heavy atom. The highest BCUT2D eigenvalue weighted by molar-refractivity contribution is 5.89. The highest BCUT2D eigenvalue weighted by Gasteiger charge is 2.00. The van der Waals surface area contributed by atoms with Crippen molar-refractivity contribution in [1.82, 2.24) is 10.6 Å². The summed E-state index contributed by atoms with van der Waals surface area (Å²) in [5, 5.41) is 13.3. The normalized spacial score (nSPS) is 8.42. The van der Waals surface area contributed by atoms with Gasteiger partial charge in [0.1, 0.15) is 0 Å². The summed E-state index contributed by atoms with van der Waals surface area (Å²) in [6.07, 6.45) is 1.16. The number of amides is 2. The smallest absolute Gasteiger partial charge is 0.337 e. The van der Waals surface area contributed by atoms with Crippen molar-refractivity contribution in [3.63, 3.8) is 0 Å². The van der Waals surface area contributed by atoms with Crippen molar-refractivity contribution in [3.8, 4) is 0 Å². The molecule has 0 saturated carbocycles. The van der Waals surface area contributed by atoms with Crippen LogP contribution in [-0.2, 0) is 14.3 Å². The first-order valence-corrected chi connectivity index (χ1v) is 9.60. The van der Waals surface area contributed by atoms with Crippen LogP contribution in [0.5, 0.6) is 0 Å². The monoisotopic (exact) mass is 432 g/mol. The second-order valence-electron chi connectivity index (χ2n) is 5.58. The van der Waals surface area contributed by atoms with Crippen LogP contribution in [0.15, 0.2) is 60.7 Å². The van der Waals surface area contributed by atoms with Gasteiger partial charge in [-0.15, -0.1) is 0 Å². The quantitative estimate of drug-likeness (QED) is 0.638. The van der Waals surface area contributed by atoms with Gasteiger partial charge in [-0.25, -0.2) is 9.59 Å². The van der Waals surface area contributed by atoms with Crippen LogP contribution < -0.4 is 10.6 Å². The van der Waals surface area contributed by atoms with Crippen molar-refractivity contribution in [1.29, 1.82) is 0 Å². The molecule has 0 aromatic heterocycles. The summed E-state index contributed by atoms with van der Waals surface area (Å²) in [5.41, 5.74) is 0.919. The molecule has 2 aromatic rings. The number of nitrogens with one attached hydrogen (secondary N) is 2. The second kappa shape index (κ2) is 19.6. The third-order valence-corrected chi connectivity index (χ3v) is 3.42. The van der Waals surface area contributed by atoms with E-state index in [0.29, 0.717) is 24.0 Å². The summed E-state index contributed by atoms with van der Waals surface area (Å²) in [4.78, 5) is 41.1. The van der Waals surface area contributed by atoms with Crippen LogP contribution in [0.1, 0.15) is 47.4 Å². The first-order chi connectivity index (χ1) is 14.8. The number of rotatable bonds is 4. The van der Waals surface area contributed by atoms with E-state index in [4.69, 9.17) is 5.11 Å². The summed E-state index contributed by atoms with van der Waals surface area (Å²) < 4.78 is 4.50. The lowest BCUT2D eigenvalue weighted by Crippen LogP contribution is -2.15. The van der Waals surface area contributed by atoms with Gasteiger partial charge in [-0.05, 0) is 24.3 Å². The highest BCUT2D eigenvalue weighted by atomic mass is 16.5. The van der Waals surface area contributed by atoms with Crippen molar-refractivity contribution < 1.29 is 29.0 Å². The van der Waals surface area contributed by atoms with E-state index in [1.807, 2.05) is 19.9 Å². The summed E-state index contributed by atoms with van der Waals surface area (Å²) in [6.45, 7) is 3.64. The fourth-order valence-electron chi connectivity index (χ4n) is 1.63. The summed E-state index contributed by atoms with van der Waals surface area (Å²) in [6, 6.07) is 17.2. The number of esters is 1. The SMILES string of the molecule is CCC(=O)NC.CCC(=O)NC.COC(=O)c1ccccc1.O=C(O)c1ccccc1. The first kappa shape index (κ1) is 29.5. The van der Waals surface area contributed by atoms with Crippen molar-refractivity contribution in [2.45, 2.75) is 26.7 Å². The first-order valence-electron chi connectivity index (χ1n) is 9.60. The van der Waals surface area contributed by atoms with Gasteiger partial charge >= 0.3 is 11.9 Å². The molecule has 8 heteroatoms. The fourth-order valence-corrected chi connectivity index (χ4v) is 1.63. The number of methoxy groups -OCH3 is 1. The number of hydrogen-bond acceptors (Lipinski definition) is 5. The molecule has 2 rings (SSSR count). The highest BCUT2D eigenvalue weighted by Crippen LogP contribution is 1.99. The Labute approximate surface area is 183 Å². The molecular formula is C23H32N2O6. The van der Waals surface area contributed by atoms with Gasteiger partial charge in [-0.3, -0.25) is 9.59 Å². The maximum atomic E-state index is 10.8. The molecule has 0 spiro atoms. The van der Waals surface area contributed by atoms with E-state index in [2.05, 4.69) is 15.4 Å². The molecule has 0 aliphatic heterocycles. The second-order valence-corrected chi connectivity index (χ2v) is 5.58. The fraction of sp³-hybridized carbons (Fsp3) is 0.304. The Morgan fingerprint density at radius 1 is 0.742 bits per heavy atom. The Bertz CT molecular complexity index is 736. The molecule has 0 bridgehead atoms. The topological polar surface area (TPSA) is 122 Å². The summed E-state index contributed by atoms with van der Waals surface area (Å²) in [7, 11) is 4.63. The van der Waals surface area contributed by atoms with Crippen LogP contribution >= 0.6 is 0 Å². The molecule has 0 fully saturated rings. The molecule has 0 unspecified atom stereocenters. The van der Waals surface area contributed by atoms with E-state index >= 15 is 0 Å². The Morgan fingerprint density at radius 2 is 1.10 bits per heavy atom. The minimum Gasteiger partial charge on any atom is -0.478 e. The van der Waals surface area contributed by atoms with Crippen LogP contribution in [0.4, 0.5) is 0 Å². The van der Waals surface area contributed by atoms with E-state index in [0.717, 1.165) is 0 Å². The summed E-state index contributed by atoms with van der Waals surface area (Å²) in [5.74, 6) is -0.985. The van der Waals surface area contributed by atoms with E-state index in [-0.39, 0.29) is 17.8 Å². The predicted molar refractivity (Wildman–Crippen MR) is 120 cm³/mol. The van der Waals surface area contributed by atoms with Gasteiger partial charge in [0.25, 0.3) is 0 Å². The predicted octanol–water partition coefficient (Wildman–Crippen LogP) is 3.14. The molecule has 0 atom stereocenters. The van der Waals surface area contributed by atoms with E-state index in [1.54, 1.807) is 68.7 Å². The number of carboxylic acid groups (broad SMARTS) is 1. The van der Waals surface area contributed by atoms with Crippen molar-refractivity contribution in [3.05, 3.63) is 71.8 Å². The lowest BCUT2D eigenvalue weighted by molar-refractivity contribution is -0.121. The van der Waals surface area contributed by atoms with Gasteiger partial charge in [-0.2, -0.15) is 0 Å². The van der Waals surface area contributed by atoms with Gasteiger partial charge in [0.2, 0.25) is 11.8 Å². The minimum absolute atomic E-state index is 0.0926. The van der Waals surface area contributed by atoms with E-state index < -0.39 is 5.97 Å². The lowest BCUT2D eigenvalue weighted by Gasteiger charge is -1.95. The zero-order valence-corrected chi connectivity index (χ0v) is 18.7. The molecule has 0 heterocycles. The molecule has 8 nitrogen and oxygen atoms in total. The molecule has 2 aromatic carbocycles. The van der Waals surface area contributed by atoms with Crippen LogP contribution in [0.2, 0.25) is 0 Å². The van der Waals surface area contributed by atoms with Crippen molar-refractivity contribution in [2.75, 3.05) is 21.2 Å². The number of carboxylic acids is 1. The van der Waals surface area contributed by atoms with Crippen LogP contribution in [0, 0.1) is 0 Å². The molecule has 31 heavy (non-hydrogen) atoms. The average molecular weight is 433 g/mol. The van der Waals surface area contributed by atoms with Gasteiger partial charge in [0.15, 0.2) is 0 Å². The van der Waals surface area contributed by atoms with Crippen LogP contribution in [0.25, 0.3) is 0 Å². The van der Waals surface area contributed by atoms with Crippen molar-refractivity contribution in [2.24, 2.45) is 0 Å². The molecule has 2 amide bonds. The molecular weight excluding hydrogens is 400 g/mol. The largest absolute Gasteiger partial charge is 0.478 e. The third-order valence-electron chi connectivity index (χ3n) is 3.42. The number of aromatic carboxylic acids is 1. The number of carbonyl (C=O) groups excluding carboxylic acids is 3. The van der Waals surface area contributed by atoms with Crippen LogP contribution in [0.3, 0.4) is 0 Å². The number of ether oxygens (including phenoxy) is 1. The minimum atomic E-state index is -0.879. The zero-order chi connectivity index (χ0) is 24.1. The van der Waals surface area contributed by atoms with Gasteiger partial charge in [-0.1, -0.05) is 50.2 Å². The molecule has 0 saturated heterocycles. The van der Waals surface area contributed by atoms with Crippen molar-refractivity contribution >= 4 is 23.8 Å². The standard InChI is InChI=1S/C8H8O2.C7H6O2.2C4H9NO/c1-10-8(9)7-5-3-2-4-6-7;8-7(9)6-4-2-1-3-5-6;2*1-3-4(6)5-2/h2-6H,1H3;1-5H,(H,8,9);2*3H2,1-2H3,(H,5,6). The van der Waals surface area contributed by atoms with Gasteiger partial charge < -0.3 is 20.5 Å². The van der Waals surface area contributed by atoms with E-state index in [9.17, 15) is 19.2 Å². The third kappa shape index (κ3) is 16.9. The number of benzene rings is 2. The Hall–Kier alpha value is -3.68. The van der Waals surface area contributed by atoms with Crippen LogP contribution in [-0.4, -0.2) is 50.1 Å². The average Bonchev–Trinajstić information content (AvgIpc) is 2.84. The lowest BCUT2D eigenvalue weighted by atomic mass is 10.2.